The van der Waals surface area contributed by atoms with Gasteiger partial charge in [0, 0.05) is 23.9 Å². The predicted octanol–water partition coefficient (Wildman–Crippen LogP) is 3.29. The van der Waals surface area contributed by atoms with E-state index in [0.717, 1.165) is 0 Å². The van der Waals surface area contributed by atoms with Crippen molar-refractivity contribution in [1.82, 2.24) is 9.80 Å². The van der Waals surface area contributed by atoms with Crippen molar-refractivity contribution < 1.29 is 23.1 Å². The van der Waals surface area contributed by atoms with Gasteiger partial charge in [-0.15, -0.1) is 0 Å². The van der Waals surface area contributed by atoms with Crippen LogP contribution in [0.5, 0.6) is 0 Å². The zero-order chi connectivity index (χ0) is 21.7. The van der Waals surface area contributed by atoms with E-state index in [9.17, 15) is 18.4 Å². The Bertz CT molecular complexity index is 734. The Labute approximate surface area is 180 Å². The number of nitrogens with one attached hydrogen (secondary N) is 1. The molecule has 2 atom stereocenters. The number of para-hydroxylation sites is 1. The minimum atomic E-state index is -2.54. The number of morpholine rings is 1. The molecule has 1 aromatic rings. The lowest BCUT2D eigenvalue weighted by Gasteiger charge is -2.39. The first-order chi connectivity index (χ1) is 14.3. The van der Waals surface area contributed by atoms with Gasteiger partial charge < -0.3 is 15.0 Å². The maximum Gasteiger partial charge on any atom is 0.288 e. The number of nitrogens with zero attached hydrogens (tertiary/aromatic N) is 2. The number of hydrogen-bond donors (Lipinski definition) is 1. The van der Waals surface area contributed by atoms with E-state index in [2.05, 4.69) is 5.32 Å². The van der Waals surface area contributed by atoms with Crippen LogP contribution in [0.15, 0.2) is 29.2 Å². The molecule has 2 heterocycles. The van der Waals surface area contributed by atoms with Crippen LogP contribution < -0.4 is 5.32 Å². The zero-order valence-corrected chi connectivity index (χ0v) is 18.2. The first-order valence-electron chi connectivity index (χ1n) is 10.3. The molecule has 1 N–H and O–H groups in total. The summed E-state index contributed by atoms with van der Waals surface area (Å²) in [6.07, 6.45) is 1.52. The molecule has 2 aliphatic rings. The molecule has 3 rings (SSSR count). The summed E-state index contributed by atoms with van der Waals surface area (Å²) in [7, 11) is 0. The van der Waals surface area contributed by atoms with Crippen molar-refractivity contribution in [2.45, 2.75) is 49.6 Å². The van der Waals surface area contributed by atoms with Crippen LogP contribution in [0.4, 0.5) is 14.5 Å². The summed E-state index contributed by atoms with van der Waals surface area (Å²) < 4.78 is 31.1. The average molecular weight is 442 g/mol. The second-order valence-electron chi connectivity index (χ2n) is 7.97. The third-order valence-corrected chi connectivity index (χ3v) is 6.20. The SMILES string of the molecule is C[C@H]1CN(C(=O)C2CCN(CC(=O)Nc3ccccc3SC(F)F)CC2)C[C@H](C)O1. The molecule has 2 aliphatic heterocycles. The number of likely N-dealkylation sites (tertiary alicyclic amines) is 1. The number of benzene rings is 1. The maximum atomic E-state index is 12.8. The minimum absolute atomic E-state index is 0.0232. The van der Waals surface area contributed by atoms with Crippen molar-refractivity contribution >= 4 is 29.3 Å². The molecule has 9 heteroatoms. The second-order valence-corrected chi connectivity index (χ2v) is 9.01. The molecular weight excluding hydrogens is 412 g/mol. The summed E-state index contributed by atoms with van der Waals surface area (Å²) in [6, 6.07) is 6.56. The van der Waals surface area contributed by atoms with Gasteiger partial charge in [-0.25, -0.2) is 0 Å². The van der Waals surface area contributed by atoms with Crippen molar-refractivity contribution in [3.05, 3.63) is 24.3 Å². The van der Waals surface area contributed by atoms with E-state index in [0.29, 0.717) is 61.4 Å². The maximum absolute atomic E-state index is 12.8. The molecule has 0 unspecified atom stereocenters. The first-order valence-corrected chi connectivity index (χ1v) is 11.2. The van der Waals surface area contributed by atoms with Gasteiger partial charge in [-0.1, -0.05) is 23.9 Å². The van der Waals surface area contributed by atoms with E-state index >= 15 is 0 Å². The van der Waals surface area contributed by atoms with Crippen LogP contribution in [0.3, 0.4) is 0 Å². The van der Waals surface area contributed by atoms with Crippen molar-refractivity contribution in [2.75, 3.05) is 38.0 Å². The van der Waals surface area contributed by atoms with Crippen LogP contribution in [-0.4, -0.2) is 72.3 Å². The van der Waals surface area contributed by atoms with Crippen LogP contribution in [-0.2, 0) is 14.3 Å². The van der Waals surface area contributed by atoms with Gasteiger partial charge in [0.2, 0.25) is 11.8 Å². The normalized spacial score (nSPS) is 23.6. The monoisotopic (exact) mass is 441 g/mol. The molecule has 0 saturated carbocycles. The van der Waals surface area contributed by atoms with Gasteiger partial charge in [-0.2, -0.15) is 8.78 Å². The quantitative estimate of drug-likeness (QED) is 0.687. The number of halogens is 2. The molecular formula is C21H29F2N3O3S. The third-order valence-electron chi connectivity index (χ3n) is 5.41. The Hall–Kier alpha value is -1.71. The van der Waals surface area contributed by atoms with Crippen LogP contribution in [0.1, 0.15) is 26.7 Å². The Morgan fingerprint density at radius 2 is 1.80 bits per heavy atom. The Balaban J connectivity index is 1.47. The molecule has 0 bridgehead atoms. The molecule has 2 fully saturated rings. The number of carbonyl (C=O) groups is 2. The van der Waals surface area contributed by atoms with E-state index in [4.69, 9.17) is 4.74 Å². The molecule has 0 aromatic heterocycles. The summed E-state index contributed by atoms with van der Waals surface area (Å²) in [5, 5.41) is 2.73. The summed E-state index contributed by atoms with van der Waals surface area (Å²) in [6.45, 7) is 6.72. The highest BCUT2D eigenvalue weighted by Crippen LogP contribution is 2.31. The fourth-order valence-corrected chi connectivity index (χ4v) is 4.71. The highest BCUT2D eigenvalue weighted by molar-refractivity contribution is 7.99. The molecule has 6 nitrogen and oxygen atoms in total. The number of anilines is 1. The van der Waals surface area contributed by atoms with Gasteiger partial charge >= 0.3 is 0 Å². The Kier molecular flexibility index (Phi) is 8.07. The predicted molar refractivity (Wildman–Crippen MR) is 113 cm³/mol. The summed E-state index contributed by atoms with van der Waals surface area (Å²) in [5.74, 6) is -2.63. The van der Waals surface area contributed by atoms with Crippen molar-refractivity contribution in [2.24, 2.45) is 5.92 Å². The van der Waals surface area contributed by atoms with Crippen molar-refractivity contribution in [1.29, 1.82) is 0 Å². The number of carbonyl (C=O) groups excluding carboxylic acids is 2. The van der Waals surface area contributed by atoms with Crippen LogP contribution in [0.2, 0.25) is 0 Å². The van der Waals surface area contributed by atoms with Crippen molar-refractivity contribution in [3.63, 3.8) is 0 Å². The largest absolute Gasteiger partial charge is 0.372 e. The molecule has 166 valence electrons. The van der Waals surface area contributed by atoms with Crippen LogP contribution in [0, 0.1) is 5.92 Å². The smallest absolute Gasteiger partial charge is 0.288 e. The molecule has 0 aliphatic carbocycles. The molecule has 0 radical (unpaired) electrons. The number of thioether (sulfide) groups is 1. The lowest BCUT2D eigenvalue weighted by molar-refractivity contribution is -0.148. The van der Waals surface area contributed by atoms with Crippen LogP contribution in [0.25, 0.3) is 0 Å². The fourth-order valence-electron chi connectivity index (χ4n) is 4.12. The van der Waals surface area contributed by atoms with Gasteiger partial charge in [-0.3, -0.25) is 14.5 Å². The lowest BCUT2D eigenvalue weighted by atomic mass is 9.94. The Morgan fingerprint density at radius 3 is 2.43 bits per heavy atom. The van der Waals surface area contributed by atoms with E-state index in [1.165, 1.54) is 0 Å². The first kappa shape index (κ1) is 23.0. The van der Waals surface area contributed by atoms with Gasteiger partial charge in [0.05, 0.1) is 24.4 Å². The second kappa shape index (κ2) is 10.5. The van der Waals surface area contributed by atoms with E-state index in [1.54, 1.807) is 24.3 Å². The molecule has 2 amide bonds. The summed E-state index contributed by atoms with van der Waals surface area (Å²) >= 11 is 0.418. The van der Waals surface area contributed by atoms with Gasteiger partial charge in [0.15, 0.2) is 0 Å². The highest BCUT2D eigenvalue weighted by atomic mass is 32.2. The van der Waals surface area contributed by atoms with E-state index in [1.807, 2.05) is 23.6 Å². The number of alkyl halides is 2. The Morgan fingerprint density at radius 1 is 1.17 bits per heavy atom. The van der Waals surface area contributed by atoms with Crippen LogP contribution >= 0.6 is 11.8 Å². The fraction of sp³-hybridized carbons (Fsp3) is 0.619. The number of rotatable bonds is 6. The number of ether oxygens (including phenoxy) is 1. The molecule has 0 spiro atoms. The lowest BCUT2D eigenvalue weighted by Crippen LogP contribution is -2.51. The molecule has 2 saturated heterocycles. The topological polar surface area (TPSA) is 61.9 Å². The number of hydrogen-bond acceptors (Lipinski definition) is 5. The summed E-state index contributed by atoms with van der Waals surface area (Å²) in [4.78, 5) is 29.5. The van der Waals surface area contributed by atoms with Gasteiger partial charge in [0.1, 0.15) is 0 Å². The van der Waals surface area contributed by atoms with Gasteiger partial charge in [-0.05, 0) is 51.9 Å². The standard InChI is InChI=1S/C21H29F2N3O3S/c1-14-11-26(12-15(2)29-14)20(28)16-7-9-25(10-8-16)13-19(27)24-17-5-3-4-6-18(17)30-21(22)23/h3-6,14-16,21H,7-13H2,1-2H3,(H,24,27)/t14-,15-/m0/s1. The van der Waals surface area contributed by atoms with Crippen molar-refractivity contribution in [3.8, 4) is 0 Å². The van der Waals surface area contributed by atoms with E-state index in [-0.39, 0.29) is 36.5 Å². The minimum Gasteiger partial charge on any atom is -0.372 e. The number of amides is 2. The molecule has 30 heavy (non-hydrogen) atoms. The average Bonchev–Trinajstić information content (AvgIpc) is 2.68. The van der Waals surface area contributed by atoms with E-state index < -0.39 is 5.76 Å². The zero-order valence-electron chi connectivity index (χ0n) is 17.4. The summed E-state index contributed by atoms with van der Waals surface area (Å²) in [5.41, 5.74) is 0.397. The van der Waals surface area contributed by atoms with Gasteiger partial charge in [0.25, 0.3) is 5.76 Å². The third kappa shape index (κ3) is 6.39. The number of piperidine rings is 1. The highest BCUT2D eigenvalue weighted by Gasteiger charge is 2.33. The molecule has 1 aromatic carbocycles.